The van der Waals surface area contributed by atoms with Gasteiger partial charge in [0.15, 0.2) is 0 Å². The van der Waals surface area contributed by atoms with Crippen molar-refractivity contribution in [3.8, 4) is 22.3 Å². The predicted octanol–water partition coefficient (Wildman–Crippen LogP) is 13.1. The van der Waals surface area contributed by atoms with E-state index >= 15 is 0 Å². The van der Waals surface area contributed by atoms with Crippen LogP contribution in [0.15, 0.2) is 188 Å². The summed E-state index contributed by atoms with van der Waals surface area (Å²) in [6.45, 7) is 0. The molecule has 0 saturated heterocycles. The summed E-state index contributed by atoms with van der Waals surface area (Å²) in [7, 11) is 0. The van der Waals surface area contributed by atoms with E-state index in [-0.39, 0.29) is 0 Å². The Morgan fingerprint density at radius 1 is 0.255 bits per heavy atom. The van der Waals surface area contributed by atoms with E-state index in [1.54, 1.807) is 0 Å². The van der Waals surface area contributed by atoms with Crippen LogP contribution in [0.4, 0.5) is 17.1 Å². The number of hydrogen-bond acceptors (Lipinski definition) is 1. The van der Waals surface area contributed by atoms with Crippen LogP contribution < -0.4 is 4.90 Å². The fourth-order valence-corrected chi connectivity index (χ4v) is 7.10. The molecule has 0 aliphatic heterocycles. The van der Waals surface area contributed by atoms with Crippen molar-refractivity contribution in [3.63, 3.8) is 0 Å². The lowest BCUT2D eigenvalue weighted by molar-refractivity contribution is 1.30. The Hall–Kier alpha value is -6.18. The van der Waals surface area contributed by atoms with Gasteiger partial charge in [0.1, 0.15) is 0 Å². The highest BCUT2D eigenvalue weighted by atomic mass is 15.1. The van der Waals surface area contributed by atoms with E-state index < -0.39 is 0 Å². The minimum absolute atomic E-state index is 1.12. The number of fused-ring (bicyclic) bond motifs is 6. The zero-order valence-electron chi connectivity index (χ0n) is 25.8. The molecule has 0 unspecified atom stereocenters. The molecule has 47 heavy (non-hydrogen) atoms. The lowest BCUT2D eigenvalue weighted by Gasteiger charge is -2.28. The van der Waals surface area contributed by atoms with Crippen molar-refractivity contribution >= 4 is 60.2 Å². The molecule has 0 amide bonds. The van der Waals surface area contributed by atoms with E-state index in [1.807, 2.05) is 0 Å². The molecule has 0 N–H and O–H groups in total. The second-order valence-corrected chi connectivity index (χ2v) is 12.2. The van der Waals surface area contributed by atoms with Gasteiger partial charge in [-0.3, -0.25) is 0 Å². The average Bonchev–Trinajstić information content (AvgIpc) is 3.15. The van der Waals surface area contributed by atoms with Crippen LogP contribution >= 0.6 is 0 Å². The Bertz CT molecular complexity index is 2560. The lowest BCUT2D eigenvalue weighted by Crippen LogP contribution is -2.10. The first-order valence-corrected chi connectivity index (χ1v) is 16.2. The van der Waals surface area contributed by atoms with Gasteiger partial charge in [-0.15, -0.1) is 0 Å². The summed E-state index contributed by atoms with van der Waals surface area (Å²) in [5, 5.41) is 10.1. The van der Waals surface area contributed by atoms with Crippen LogP contribution in [0.5, 0.6) is 0 Å². The second kappa shape index (κ2) is 11.3. The molecule has 0 atom stereocenters. The second-order valence-electron chi connectivity index (χ2n) is 12.2. The molecule has 0 bridgehead atoms. The molecule has 1 nitrogen and oxygen atoms in total. The van der Waals surface area contributed by atoms with E-state index in [0.717, 1.165) is 17.1 Å². The monoisotopic (exact) mass is 597 g/mol. The van der Waals surface area contributed by atoms with Gasteiger partial charge in [0.05, 0.1) is 5.69 Å². The minimum Gasteiger partial charge on any atom is -0.310 e. The topological polar surface area (TPSA) is 3.24 Å². The molecule has 0 heterocycles. The van der Waals surface area contributed by atoms with Crippen molar-refractivity contribution in [2.75, 3.05) is 4.90 Å². The Kier molecular flexibility index (Phi) is 6.54. The summed E-state index contributed by atoms with van der Waals surface area (Å²) in [6, 6.07) is 68.3. The fourth-order valence-electron chi connectivity index (χ4n) is 7.10. The van der Waals surface area contributed by atoms with Crippen LogP contribution in [0, 0.1) is 0 Å². The smallest absolute Gasteiger partial charge is 0.0546 e. The van der Waals surface area contributed by atoms with Gasteiger partial charge in [-0.05, 0) is 96.4 Å². The number of hydrogen-bond donors (Lipinski definition) is 0. The quantitative estimate of drug-likeness (QED) is 0.178. The van der Waals surface area contributed by atoms with Crippen LogP contribution in [0.1, 0.15) is 0 Å². The van der Waals surface area contributed by atoms with E-state index in [0.29, 0.717) is 0 Å². The molecule has 0 spiro atoms. The van der Waals surface area contributed by atoms with Crippen LogP contribution in [0.3, 0.4) is 0 Å². The molecule has 0 aliphatic carbocycles. The molecule has 9 aromatic carbocycles. The van der Waals surface area contributed by atoms with E-state index in [4.69, 9.17) is 0 Å². The van der Waals surface area contributed by atoms with Crippen molar-refractivity contribution in [1.29, 1.82) is 0 Å². The summed E-state index contributed by atoms with van der Waals surface area (Å²) in [5.41, 5.74) is 8.21. The van der Waals surface area contributed by atoms with E-state index in [1.165, 1.54) is 65.3 Å². The zero-order valence-corrected chi connectivity index (χ0v) is 25.8. The maximum atomic E-state index is 2.41. The Morgan fingerprint density at radius 3 is 1.60 bits per heavy atom. The largest absolute Gasteiger partial charge is 0.310 e. The van der Waals surface area contributed by atoms with Crippen molar-refractivity contribution in [1.82, 2.24) is 0 Å². The first kappa shape index (κ1) is 27.2. The molecule has 9 aromatic rings. The van der Waals surface area contributed by atoms with Crippen molar-refractivity contribution < 1.29 is 0 Å². The molecule has 0 saturated carbocycles. The Balaban J connectivity index is 1.20. The summed E-state index contributed by atoms with van der Waals surface area (Å²) < 4.78 is 0. The molecule has 0 radical (unpaired) electrons. The van der Waals surface area contributed by atoms with Crippen LogP contribution in [0.2, 0.25) is 0 Å². The van der Waals surface area contributed by atoms with Gasteiger partial charge in [-0.25, -0.2) is 0 Å². The third kappa shape index (κ3) is 4.81. The third-order valence-electron chi connectivity index (χ3n) is 9.40. The van der Waals surface area contributed by atoms with Crippen molar-refractivity contribution in [3.05, 3.63) is 188 Å². The number of nitrogens with zero attached hydrogens (tertiary/aromatic N) is 1. The third-order valence-corrected chi connectivity index (χ3v) is 9.40. The maximum absolute atomic E-state index is 2.41. The average molecular weight is 598 g/mol. The molecule has 0 aromatic heterocycles. The highest BCUT2D eigenvalue weighted by Crippen LogP contribution is 2.43. The van der Waals surface area contributed by atoms with Gasteiger partial charge in [-0.1, -0.05) is 152 Å². The van der Waals surface area contributed by atoms with E-state index in [9.17, 15) is 0 Å². The highest BCUT2D eigenvalue weighted by molar-refractivity contribution is 6.14. The molecule has 9 rings (SSSR count). The molecule has 0 fully saturated rings. The van der Waals surface area contributed by atoms with Gasteiger partial charge in [-0.2, -0.15) is 0 Å². The molecule has 1 heteroatoms. The van der Waals surface area contributed by atoms with Gasteiger partial charge < -0.3 is 4.90 Å². The number of rotatable bonds is 5. The van der Waals surface area contributed by atoms with Crippen LogP contribution in [0.25, 0.3) is 65.3 Å². The van der Waals surface area contributed by atoms with Gasteiger partial charge >= 0.3 is 0 Å². The normalized spacial score (nSPS) is 11.4. The molecular weight excluding hydrogens is 567 g/mol. The van der Waals surface area contributed by atoms with Crippen molar-refractivity contribution in [2.24, 2.45) is 0 Å². The number of anilines is 3. The zero-order chi connectivity index (χ0) is 31.2. The van der Waals surface area contributed by atoms with Gasteiger partial charge in [0, 0.05) is 16.8 Å². The van der Waals surface area contributed by atoms with Crippen LogP contribution in [-0.2, 0) is 0 Å². The van der Waals surface area contributed by atoms with Crippen LogP contribution in [-0.4, -0.2) is 0 Å². The Morgan fingerprint density at radius 2 is 0.787 bits per heavy atom. The number of benzene rings is 9. The summed E-state index contributed by atoms with van der Waals surface area (Å²) in [5.74, 6) is 0. The Labute approximate surface area is 274 Å². The predicted molar refractivity (Wildman–Crippen MR) is 202 cm³/mol. The first-order valence-electron chi connectivity index (χ1n) is 16.2. The molecule has 220 valence electrons. The molecular formula is C46H31N. The summed E-state index contributed by atoms with van der Waals surface area (Å²) >= 11 is 0. The fraction of sp³-hybridized carbons (Fsp3) is 0. The summed E-state index contributed by atoms with van der Waals surface area (Å²) in [4.78, 5) is 2.41. The first-order chi connectivity index (χ1) is 23.3. The van der Waals surface area contributed by atoms with Gasteiger partial charge in [0.25, 0.3) is 0 Å². The SMILES string of the molecule is c1ccc(-c2cccc(N(c3ccc(-c4ccc5c(ccc6ccccc65)c4)cc3)c3cc4ccccc4c4ccccc34)c2)cc1. The molecule has 0 aliphatic rings. The summed E-state index contributed by atoms with van der Waals surface area (Å²) in [6.07, 6.45) is 0. The highest BCUT2D eigenvalue weighted by Gasteiger charge is 2.18. The maximum Gasteiger partial charge on any atom is 0.0546 e. The van der Waals surface area contributed by atoms with Crippen molar-refractivity contribution in [2.45, 2.75) is 0 Å². The lowest BCUT2D eigenvalue weighted by atomic mass is 9.97. The standard InChI is InChI=1S/C46H31N/c1-2-11-32(12-3-1)35-15-10-16-40(30-35)47(46-31-37-14-5-7-18-42(37)44-19-8-9-20-45(44)46)39-26-23-33(24-27-39)36-25-28-43-38(29-36)22-21-34-13-4-6-17-41(34)43/h1-31H. The van der Waals surface area contributed by atoms with E-state index in [2.05, 4.69) is 193 Å². The van der Waals surface area contributed by atoms with Gasteiger partial charge in [0.2, 0.25) is 0 Å². The minimum atomic E-state index is 1.12.